The number of rotatable bonds is 6. The monoisotopic (exact) mass is 663 g/mol. The van der Waals surface area contributed by atoms with E-state index in [0.717, 1.165) is 5.92 Å². The van der Waals surface area contributed by atoms with Gasteiger partial charge in [-0.1, -0.05) is 118 Å². The van der Waals surface area contributed by atoms with Gasteiger partial charge in [0.15, 0.2) is 0 Å². The van der Waals surface area contributed by atoms with Crippen LogP contribution in [0.2, 0.25) is 0 Å². The van der Waals surface area contributed by atoms with Crippen LogP contribution in [0.15, 0.2) is 127 Å². The van der Waals surface area contributed by atoms with Crippen molar-refractivity contribution in [2.24, 2.45) is 5.92 Å². The van der Waals surface area contributed by atoms with Crippen molar-refractivity contribution in [3.8, 4) is 22.3 Å². The van der Waals surface area contributed by atoms with Crippen LogP contribution in [0.25, 0.3) is 33.0 Å². The number of hydrogen-bond acceptors (Lipinski definition) is 1. The molecule has 0 heterocycles. The summed E-state index contributed by atoms with van der Waals surface area (Å²) in [6, 6.07) is 49.2. The normalized spacial score (nSPS) is 21.9. The van der Waals surface area contributed by atoms with Gasteiger partial charge in [-0.05, 0) is 160 Å². The third-order valence-corrected chi connectivity index (χ3v) is 13.7. The van der Waals surface area contributed by atoms with E-state index < -0.39 is 0 Å². The van der Waals surface area contributed by atoms with Crippen molar-refractivity contribution < 1.29 is 0 Å². The smallest absolute Gasteiger partial charge is 0.0465 e. The number of benzene rings is 6. The van der Waals surface area contributed by atoms with Gasteiger partial charge < -0.3 is 4.90 Å². The summed E-state index contributed by atoms with van der Waals surface area (Å²) < 4.78 is 0. The van der Waals surface area contributed by atoms with Gasteiger partial charge in [-0.3, -0.25) is 0 Å². The third-order valence-electron chi connectivity index (χ3n) is 13.7. The second-order valence-electron chi connectivity index (χ2n) is 16.9. The first kappa shape index (κ1) is 31.1. The fourth-order valence-corrected chi connectivity index (χ4v) is 10.9. The highest BCUT2D eigenvalue weighted by Crippen LogP contribution is 2.56. The molecule has 0 atom stereocenters. The lowest BCUT2D eigenvalue weighted by molar-refractivity contribution is 0.419. The van der Waals surface area contributed by atoms with Gasteiger partial charge in [0.1, 0.15) is 0 Å². The Balaban J connectivity index is 1.06. The lowest BCUT2D eigenvalue weighted by Gasteiger charge is -2.30. The van der Waals surface area contributed by atoms with Gasteiger partial charge in [0, 0.05) is 22.5 Å². The number of hydrogen-bond donors (Lipinski definition) is 0. The van der Waals surface area contributed by atoms with E-state index in [-0.39, 0.29) is 5.41 Å². The molecule has 6 aromatic rings. The van der Waals surface area contributed by atoms with Crippen molar-refractivity contribution in [3.05, 3.63) is 150 Å². The molecule has 2 bridgehead atoms. The largest absolute Gasteiger partial charge is 0.310 e. The average molecular weight is 664 g/mol. The minimum absolute atomic E-state index is 0.0982. The van der Waals surface area contributed by atoms with E-state index in [0.29, 0.717) is 11.3 Å². The zero-order valence-corrected chi connectivity index (χ0v) is 30.3. The number of anilines is 3. The first-order valence-electron chi connectivity index (χ1n) is 19.8. The third kappa shape index (κ3) is 5.10. The summed E-state index contributed by atoms with van der Waals surface area (Å²) in [6.07, 6.45) is 13.7. The highest BCUT2D eigenvalue weighted by molar-refractivity contribution is 5.98. The molecule has 254 valence electrons. The van der Waals surface area contributed by atoms with E-state index in [1.54, 1.807) is 5.56 Å². The molecule has 0 N–H and O–H groups in total. The molecule has 4 aliphatic rings. The zero-order chi connectivity index (χ0) is 34.2. The summed E-state index contributed by atoms with van der Waals surface area (Å²) in [7, 11) is 0. The van der Waals surface area contributed by atoms with Crippen LogP contribution in [0.3, 0.4) is 0 Å². The quantitative estimate of drug-likeness (QED) is 0.171. The molecule has 0 radical (unpaired) electrons. The molecule has 0 saturated heterocycles. The highest BCUT2D eigenvalue weighted by atomic mass is 15.1. The van der Waals surface area contributed by atoms with Crippen molar-refractivity contribution in [2.75, 3.05) is 4.90 Å². The summed E-state index contributed by atoms with van der Waals surface area (Å²) >= 11 is 0. The average Bonchev–Trinajstić information content (AvgIpc) is 3.87. The van der Waals surface area contributed by atoms with Crippen LogP contribution in [0.1, 0.15) is 106 Å². The Bertz CT molecular complexity index is 2240. The topological polar surface area (TPSA) is 3.24 Å². The molecule has 3 saturated carbocycles. The summed E-state index contributed by atoms with van der Waals surface area (Å²) in [6.45, 7) is 4.82. The van der Waals surface area contributed by atoms with E-state index in [4.69, 9.17) is 0 Å². The lowest BCUT2D eigenvalue weighted by Crippen LogP contribution is -2.20. The van der Waals surface area contributed by atoms with Gasteiger partial charge in [-0.25, -0.2) is 0 Å². The van der Waals surface area contributed by atoms with Gasteiger partial charge >= 0.3 is 0 Å². The molecule has 3 fully saturated rings. The maximum Gasteiger partial charge on any atom is 0.0465 e. The van der Waals surface area contributed by atoms with Crippen molar-refractivity contribution in [1.82, 2.24) is 0 Å². The predicted octanol–water partition coefficient (Wildman–Crippen LogP) is 14.2. The maximum atomic E-state index is 2.51. The Morgan fingerprint density at radius 3 is 2.00 bits per heavy atom. The molecule has 6 aromatic carbocycles. The molecule has 0 spiro atoms. The number of nitrogens with zero attached hydrogens (tertiary/aromatic N) is 1. The summed E-state index contributed by atoms with van der Waals surface area (Å²) in [5, 5.41) is 2.60. The van der Waals surface area contributed by atoms with Crippen LogP contribution in [0.5, 0.6) is 0 Å². The maximum absolute atomic E-state index is 2.51. The van der Waals surface area contributed by atoms with Crippen LogP contribution >= 0.6 is 0 Å². The summed E-state index contributed by atoms with van der Waals surface area (Å²) in [5.74, 6) is 1.66. The first-order chi connectivity index (χ1) is 25.0. The van der Waals surface area contributed by atoms with E-state index >= 15 is 0 Å². The summed E-state index contributed by atoms with van der Waals surface area (Å²) in [5.41, 5.74) is 15.3. The Morgan fingerprint density at radius 2 is 1.25 bits per heavy atom. The number of fused-ring (bicyclic) bond motifs is 6. The van der Waals surface area contributed by atoms with Gasteiger partial charge in [-0.15, -0.1) is 0 Å². The lowest BCUT2D eigenvalue weighted by atomic mass is 9.78. The Hall–Kier alpha value is -4.62. The van der Waals surface area contributed by atoms with Gasteiger partial charge in [0.25, 0.3) is 0 Å². The van der Waals surface area contributed by atoms with Crippen LogP contribution in [0.4, 0.5) is 17.1 Å². The molecule has 51 heavy (non-hydrogen) atoms. The van der Waals surface area contributed by atoms with E-state index in [1.807, 2.05) is 0 Å². The molecule has 0 amide bonds. The molecule has 0 aliphatic heterocycles. The van der Waals surface area contributed by atoms with E-state index in [2.05, 4.69) is 146 Å². The van der Waals surface area contributed by atoms with Crippen molar-refractivity contribution in [2.45, 2.75) is 94.8 Å². The van der Waals surface area contributed by atoms with Gasteiger partial charge in [0.2, 0.25) is 0 Å². The highest BCUT2D eigenvalue weighted by Gasteiger charge is 2.45. The van der Waals surface area contributed by atoms with Crippen molar-refractivity contribution in [1.29, 1.82) is 0 Å². The first-order valence-corrected chi connectivity index (χ1v) is 19.8. The van der Waals surface area contributed by atoms with Gasteiger partial charge in [0.05, 0.1) is 0 Å². The van der Waals surface area contributed by atoms with Crippen LogP contribution in [-0.2, 0) is 10.8 Å². The Morgan fingerprint density at radius 1 is 0.549 bits per heavy atom. The Kier molecular flexibility index (Phi) is 7.31. The second kappa shape index (κ2) is 12.0. The molecule has 1 nitrogen and oxygen atoms in total. The minimum Gasteiger partial charge on any atom is -0.310 e. The molecular formula is C50H49N. The van der Waals surface area contributed by atoms with Gasteiger partial charge in [-0.2, -0.15) is 0 Å². The van der Waals surface area contributed by atoms with Crippen LogP contribution in [0, 0.1) is 5.92 Å². The van der Waals surface area contributed by atoms with Crippen molar-refractivity contribution >= 4 is 27.8 Å². The molecular weight excluding hydrogens is 615 g/mol. The summed E-state index contributed by atoms with van der Waals surface area (Å²) in [4.78, 5) is 2.51. The van der Waals surface area contributed by atoms with Crippen LogP contribution in [-0.4, -0.2) is 0 Å². The zero-order valence-electron chi connectivity index (χ0n) is 30.3. The fraction of sp³-hybridized carbons (Fsp3) is 0.320. The molecule has 10 rings (SSSR count). The Labute approximate surface area is 304 Å². The molecule has 0 aromatic heterocycles. The molecule has 0 unspecified atom stereocenters. The van der Waals surface area contributed by atoms with E-state index in [1.165, 1.54) is 131 Å². The molecule has 1 heteroatoms. The second-order valence-corrected chi connectivity index (χ2v) is 16.9. The predicted molar refractivity (Wildman–Crippen MR) is 216 cm³/mol. The SMILES string of the molecule is CC1(C)c2ccc(-c3cccc4ccccc34)cc2-c2ccc(N(c3ccc(C4CCCCC4)cc3)c3ccc(C45CCC(CC4)C5)cc3)cc21. The fourth-order valence-electron chi connectivity index (χ4n) is 10.9. The van der Waals surface area contributed by atoms with Crippen molar-refractivity contribution in [3.63, 3.8) is 0 Å². The molecule has 4 aliphatic carbocycles. The van der Waals surface area contributed by atoms with Crippen LogP contribution < -0.4 is 4.90 Å². The van der Waals surface area contributed by atoms with E-state index in [9.17, 15) is 0 Å². The standard InChI is InChI=1S/C50H49N/c1-49(2)47-26-17-38(44-14-8-12-37-11-6-7-13-43(37)44)31-46(47)45-25-24-42(32-48(45)49)51(40-20-15-36(16-21-40)35-9-4-3-5-10-35)41-22-18-39(19-23-41)50-29-27-34(33-50)28-30-50/h6-8,11-26,31-32,34-35H,3-5,9-10,27-30,33H2,1-2H3. The minimum atomic E-state index is -0.0982.